The summed E-state index contributed by atoms with van der Waals surface area (Å²) in [5, 5.41) is 0. The fraction of sp³-hybridized carbons (Fsp3) is 0.786. The van der Waals surface area contributed by atoms with Crippen LogP contribution in [0.4, 0.5) is 0 Å². The zero-order chi connectivity index (χ0) is 13.0. The van der Waals surface area contributed by atoms with Crippen molar-refractivity contribution in [1.82, 2.24) is 0 Å². The molecule has 1 atom stereocenters. The van der Waals surface area contributed by atoms with Gasteiger partial charge in [-0.15, -0.1) is 0 Å². The van der Waals surface area contributed by atoms with Crippen molar-refractivity contribution in [3.63, 3.8) is 0 Å². The van der Waals surface area contributed by atoms with Gasteiger partial charge in [0.15, 0.2) is 0 Å². The largest absolute Gasteiger partial charge is 0.456 e. The van der Waals surface area contributed by atoms with Crippen LogP contribution in [-0.2, 0) is 9.53 Å². The fourth-order valence-corrected chi connectivity index (χ4v) is 1.81. The summed E-state index contributed by atoms with van der Waals surface area (Å²) in [6.07, 6.45) is 3.51. The van der Waals surface area contributed by atoms with Crippen molar-refractivity contribution >= 4 is 5.97 Å². The van der Waals surface area contributed by atoms with Crippen molar-refractivity contribution in [2.45, 2.75) is 60.0 Å². The van der Waals surface area contributed by atoms with E-state index in [9.17, 15) is 4.79 Å². The highest BCUT2D eigenvalue weighted by molar-refractivity contribution is 5.81. The fourth-order valence-electron chi connectivity index (χ4n) is 1.81. The molecule has 0 aromatic carbocycles. The lowest BCUT2D eigenvalue weighted by Crippen LogP contribution is -2.46. The lowest BCUT2D eigenvalue weighted by molar-refractivity contribution is -0.166. The van der Waals surface area contributed by atoms with Crippen LogP contribution in [0.5, 0.6) is 0 Å². The van der Waals surface area contributed by atoms with Crippen LogP contribution in [0.1, 0.15) is 54.4 Å². The summed E-state index contributed by atoms with van der Waals surface area (Å²) in [6.45, 7) is 16.1. The Morgan fingerprint density at radius 3 is 2.25 bits per heavy atom. The van der Waals surface area contributed by atoms with Gasteiger partial charge in [-0.05, 0) is 19.8 Å². The minimum absolute atomic E-state index is 0.0539. The second kappa shape index (κ2) is 5.51. The van der Waals surface area contributed by atoms with E-state index < -0.39 is 5.60 Å². The molecule has 0 rings (SSSR count). The van der Waals surface area contributed by atoms with E-state index >= 15 is 0 Å². The molecule has 0 aromatic heterocycles. The third-order valence-electron chi connectivity index (χ3n) is 4.03. The summed E-state index contributed by atoms with van der Waals surface area (Å²) < 4.78 is 5.46. The number of hydrogen-bond acceptors (Lipinski definition) is 2. The average molecular weight is 226 g/mol. The molecule has 0 spiro atoms. The van der Waals surface area contributed by atoms with Crippen molar-refractivity contribution in [3.8, 4) is 0 Å². The van der Waals surface area contributed by atoms with Gasteiger partial charge in [0.05, 0.1) is 0 Å². The highest BCUT2D eigenvalue weighted by atomic mass is 16.6. The van der Waals surface area contributed by atoms with E-state index in [1.54, 1.807) is 0 Å². The first-order chi connectivity index (χ1) is 7.19. The predicted octanol–water partition coefficient (Wildman–Crippen LogP) is 3.96. The topological polar surface area (TPSA) is 26.3 Å². The summed E-state index contributed by atoms with van der Waals surface area (Å²) in [7, 11) is 0. The van der Waals surface area contributed by atoms with E-state index in [0.717, 1.165) is 12.8 Å². The van der Waals surface area contributed by atoms with Crippen molar-refractivity contribution < 1.29 is 9.53 Å². The maximum absolute atomic E-state index is 11.3. The molecule has 0 radical (unpaired) electrons. The zero-order valence-corrected chi connectivity index (χ0v) is 11.6. The molecule has 0 bridgehead atoms. The monoisotopic (exact) mass is 226 g/mol. The summed E-state index contributed by atoms with van der Waals surface area (Å²) in [5.74, 6) is 0.159. The molecule has 0 amide bonds. The van der Waals surface area contributed by atoms with E-state index in [1.807, 2.05) is 13.8 Å². The molecule has 0 aliphatic carbocycles. The molecule has 0 saturated carbocycles. The number of hydrogen-bond donors (Lipinski definition) is 0. The van der Waals surface area contributed by atoms with Crippen LogP contribution in [0.25, 0.3) is 0 Å². The lowest BCUT2D eigenvalue weighted by atomic mass is 9.67. The maximum Gasteiger partial charge on any atom is 0.330 e. The first-order valence-electron chi connectivity index (χ1n) is 6.04. The van der Waals surface area contributed by atoms with Crippen molar-refractivity contribution in [2.75, 3.05) is 0 Å². The Labute approximate surface area is 100 Å². The van der Waals surface area contributed by atoms with Gasteiger partial charge >= 0.3 is 5.97 Å². The van der Waals surface area contributed by atoms with Gasteiger partial charge in [-0.3, -0.25) is 0 Å². The van der Waals surface area contributed by atoms with Crippen LogP contribution in [0.3, 0.4) is 0 Å². The summed E-state index contributed by atoms with van der Waals surface area (Å²) in [6, 6.07) is 0. The standard InChI is InChI=1S/C14H26O2/c1-8-10-11(3)13(4,5)14(6,7)16-12(15)9-2/h9,11H,2,8,10H2,1,3-7H3. The third-order valence-corrected chi connectivity index (χ3v) is 4.03. The molecule has 94 valence electrons. The minimum atomic E-state index is -0.479. The molecular formula is C14H26O2. The van der Waals surface area contributed by atoms with Gasteiger partial charge in [-0.2, -0.15) is 0 Å². The highest BCUT2D eigenvalue weighted by Gasteiger charge is 2.43. The predicted molar refractivity (Wildman–Crippen MR) is 68.2 cm³/mol. The van der Waals surface area contributed by atoms with Crippen LogP contribution < -0.4 is 0 Å². The van der Waals surface area contributed by atoms with Gasteiger partial charge in [0.1, 0.15) is 5.60 Å². The number of rotatable bonds is 6. The summed E-state index contributed by atoms with van der Waals surface area (Å²) in [5.41, 5.74) is -0.533. The highest BCUT2D eigenvalue weighted by Crippen LogP contribution is 2.42. The van der Waals surface area contributed by atoms with Crippen LogP contribution in [-0.4, -0.2) is 11.6 Å². The quantitative estimate of drug-likeness (QED) is 0.506. The molecule has 0 heterocycles. The zero-order valence-electron chi connectivity index (χ0n) is 11.6. The molecule has 0 saturated heterocycles. The van der Waals surface area contributed by atoms with Crippen molar-refractivity contribution in [3.05, 3.63) is 12.7 Å². The van der Waals surface area contributed by atoms with Gasteiger partial charge in [0, 0.05) is 11.5 Å². The Kier molecular flexibility index (Phi) is 5.24. The van der Waals surface area contributed by atoms with E-state index in [-0.39, 0.29) is 11.4 Å². The minimum Gasteiger partial charge on any atom is -0.456 e. The van der Waals surface area contributed by atoms with E-state index in [1.165, 1.54) is 6.08 Å². The van der Waals surface area contributed by atoms with E-state index in [4.69, 9.17) is 4.74 Å². The first kappa shape index (κ1) is 15.2. The molecular weight excluding hydrogens is 200 g/mol. The SMILES string of the molecule is C=CC(=O)OC(C)(C)C(C)(C)C(C)CCC. The van der Waals surface area contributed by atoms with Crippen molar-refractivity contribution in [2.24, 2.45) is 11.3 Å². The van der Waals surface area contributed by atoms with E-state index in [0.29, 0.717) is 5.92 Å². The Morgan fingerprint density at radius 2 is 1.88 bits per heavy atom. The first-order valence-corrected chi connectivity index (χ1v) is 6.04. The van der Waals surface area contributed by atoms with Crippen LogP contribution >= 0.6 is 0 Å². The maximum atomic E-state index is 11.3. The molecule has 2 nitrogen and oxygen atoms in total. The molecule has 0 aliphatic heterocycles. The Balaban J connectivity index is 4.81. The van der Waals surface area contributed by atoms with Gasteiger partial charge in [0.25, 0.3) is 0 Å². The molecule has 16 heavy (non-hydrogen) atoms. The number of esters is 1. The number of carbonyl (C=O) groups excluding carboxylic acids is 1. The normalized spacial score (nSPS) is 14.4. The van der Waals surface area contributed by atoms with Crippen molar-refractivity contribution in [1.29, 1.82) is 0 Å². The molecule has 1 unspecified atom stereocenters. The number of ether oxygens (including phenoxy) is 1. The Morgan fingerprint density at radius 1 is 1.38 bits per heavy atom. The van der Waals surface area contributed by atoms with Gasteiger partial charge in [0.2, 0.25) is 0 Å². The smallest absolute Gasteiger partial charge is 0.330 e. The lowest BCUT2D eigenvalue weighted by Gasteiger charge is -2.44. The molecule has 0 N–H and O–H groups in total. The average Bonchev–Trinajstić information content (AvgIpc) is 2.17. The Bertz CT molecular complexity index is 251. The summed E-state index contributed by atoms with van der Waals surface area (Å²) >= 11 is 0. The van der Waals surface area contributed by atoms with Gasteiger partial charge in [-0.1, -0.05) is 47.1 Å². The summed E-state index contributed by atoms with van der Waals surface area (Å²) in [4.78, 5) is 11.3. The van der Waals surface area contributed by atoms with E-state index in [2.05, 4.69) is 34.3 Å². The number of carbonyl (C=O) groups is 1. The molecule has 0 aromatic rings. The van der Waals surface area contributed by atoms with Crippen LogP contribution in [0, 0.1) is 11.3 Å². The van der Waals surface area contributed by atoms with Gasteiger partial charge in [-0.25, -0.2) is 4.79 Å². The van der Waals surface area contributed by atoms with Gasteiger partial charge < -0.3 is 4.74 Å². The molecule has 0 fully saturated rings. The second-order valence-electron chi connectivity index (χ2n) is 5.55. The molecule has 0 aliphatic rings. The van der Waals surface area contributed by atoms with Crippen LogP contribution in [0.15, 0.2) is 12.7 Å². The van der Waals surface area contributed by atoms with Crippen LogP contribution in [0.2, 0.25) is 0 Å². The Hall–Kier alpha value is -0.790. The third kappa shape index (κ3) is 3.36. The second-order valence-corrected chi connectivity index (χ2v) is 5.55. The molecule has 2 heteroatoms.